The van der Waals surface area contributed by atoms with Crippen LogP contribution in [0.15, 0.2) is 24.3 Å². The lowest BCUT2D eigenvalue weighted by atomic mass is 10.1. The number of carbonyl (C=O) groups excluding carboxylic acids is 1. The van der Waals surface area contributed by atoms with Gasteiger partial charge in [-0.3, -0.25) is 4.90 Å². The number of hydrogen-bond donors (Lipinski definition) is 1. The summed E-state index contributed by atoms with van der Waals surface area (Å²) < 4.78 is 0. The van der Waals surface area contributed by atoms with Crippen LogP contribution >= 0.6 is 11.6 Å². The first-order valence-corrected chi connectivity index (χ1v) is 5.73. The number of halogens is 1. The van der Waals surface area contributed by atoms with Gasteiger partial charge in [0, 0.05) is 5.02 Å². The summed E-state index contributed by atoms with van der Waals surface area (Å²) in [5.74, 6) is 0. The summed E-state index contributed by atoms with van der Waals surface area (Å²) in [5.41, 5.74) is 0.837. The van der Waals surface area contributed by atoms with Gasteiger partial charge in [-0.15, -0.1) is 0 Å². The fourth-order valence-electron chi connectivity index (χ4n) is 2.29. The first-order valence-electron chi connectivity index (χ1n) is 5.35. The lowest BCUT2D eigenvalue weighted by molar-refractivity contribution is -0.111. The van der Waals surface area contributed by atoms with E-state index in [1.807, 2.05) is 6.07 Å². The largest absolute Gasteiger partial charge is 0.465 e. The van der Waals surface area contributed by atoms with E-state index in [0.717, 1.165) is 5.56 Å². The Labute approximate surface area is 104 Å². The van der Waals surface area contributed by atoms with Gasteiger partial charge in [0.1, 0.15) is 6.29 Å². The highest BCUT2D eigenvalue weighted by molar-refractivity contribution is 6.30. The highest BCUT2D eigenvalue weighted by Crippen LogP contribution is 2.36. The van der Waals surface area contributed by atoms with E-state index in [1.54, 1.807) is 18.2 Å². The molecule has 1 heterocycles. The maximum Gasteiger partial charge on any atom is 0.408 e. The Morgan fingerprint density at radius 2 is 2.24 bits per heavy atom. The normalized spacial score (nSPS) is 23.7. The molecule has 1 aromatic rings. The standard InChI is InChI=1S/C12H12ClNO3/c13-9-3-1-2-8(6-9)11-5-4-10(7-15)14(11)12(16)17/h1-3,6-7,10-11H,4-5H2,(H,16,17)/t10-,11+/m1/s1. The Hall–Kier alpha value is -1.55. The van der Waals surface area contributed by atoms with Gasteiger partial charge in [-0.25, -0.2) is 4.79 Å². The highest BCUT2D eigenvalue weighted by Gasteiger charge is 2.37. The molecular weight excluding hydrogens is 242 g/mol. The van der Waals surface area contributed by atoms with E-state index >= 15 is 0 Å². The number of rotatable bonds is 2. The molecule has 0 aliphatic carbocycles. The van der Waals surface area contributed by atoms with E-state index in [0.29, 0.717) is 24.2 Å². The Morgan fingerprint density at radius 3 is 2.82 bits per heavy atom. The number of carbonyl (C=O) groups is 2. The molecule has 1 aliphatic heterocycles. The van der Waals surface area contributed by atoms with E-state index < -0.39 is 12.1 Å². The molecule has 17 heavy (non-hydrogen) atoms. The van der Waals surface area contributed by atoms with E-state index in [9.17, 15) is 9.59 Å². The van der Waals surface area contributed by atoms with Crippen LogP contribution in [0.25, 0.3) is 0 Å². The second-order valence-electron chi connectivity index (χ2n) is 4.04. The third kappa shape index (κ3) is 2.26. The van der Waals surface area contributed by atoms with Gasteiger partial charge in [-0.2, -0.15) is 0 Å². The number of likely N-dealkylation sites (tertiary alicyclic amines) is 1. The van der Waals surface area contributed by atoms with Crippen molar-refractivity contribution in [3.63, 3.8) is 0 Å². The SMILES string of the molecule is O=C[C@H]1CC[C@@H](c2cccc(Cl)c2)N1C(=O)O. The maximum absolute atomic E-state index is 11.2. The molecule has 5 heteroatoms. The van der Waals surface area contributed by atoms with Crippen molar-refractivity contribution in [2.75, 3.05) is 0 Å². The number of carboxylic acid groups (broad SMARTS) is 1. The van der Waals surface area contributed by atoms with Crippen molar-refractivity contribution in [3.05, 3.63) is 34.9 Å². The van der Waals surface area contributed by atoms with Crippen molar-refractivity contribution in [1.29, 1.82) is 0 Å². The number of amides is 1. The van der Waals surface area contributed by atoms with Gasteiger partial charge in [0.05, 0.1) is 12.1 Å². The van der Waals surface area contributed by atoms with E-state index in [2.05, 4.69) is 0 Å². The highest BCUT2D eigenvalue weighted by atomic mass is 35.5. The van der Waals surface area contributed by atoms with E-state index in [4.69, 9.17) is 16.7 Å². The summed E-state index contributed by atoms with van der Waals surface area (Å²) in [6, 6.07) is 6.28. The second-order valence-corrected chi connectivity index (χ2v) is 4.48. The van der Waals surface area contributed by atoms with Crippen LogP contribution in [-0.2, 0) is 4.79 Å². The first kappa shape index (κ1) is 11.9. The number of hydrogen-bond acceptors (Lipinski definition) is 2. The van der Waals surface area contributed by atoms with Gasteiger partial charge in [-0.1, -0.05) is 23.7 Å². The predicted molar refractivity (Wildman–Crippen MR) is 63.1 cm³/mol. The minimum atomic E-state index is -1.07. The smallest absolute Gasteiger partial charge is 0.408 e. The van der Waals surface area contributed by atoms with Gasteiger partial charge >= 0.3 is 6.09 Å². The summed E-state index contributed by atoms with van der Waals surface area (Å²) >= 11 is 5.89. The molecule has 1 saturated heterocycles. The molecule has 0 spiro atoms. The predicted octanol–water partition coefficient (Wildman–Crippen LogP) is 2.72. The average Bonchev–Trinajstić information content (AvgIpc) is 2.72. The van der Waals surface area contributed by atoms with Crippen LogP contribution in [0.3, 0.4) is 0 Å². The van der Waals surface area contributed by atoms with Crippen LogP contribution in [0.4, 0.5) is 4.79 Å². The zero-order valence-electron chi connectivity index (χ0n) is 9.04. The number of benzene rings is 1. The maximum atomic E-state index is 11.2. The minimum Gasteiger partial charge on any atom is -0.465 e. The monoisotopic (exact) mass is 253 g/mol. The van der Waals surface area contributed by atoms with Crippen molar-refractivity contribution in [3.8, 4) is 0 Å². The van der Waals surface area contributed by atoms with Crippen LogP contribution in [0.5, 0.6) is 0 Å². The molecule has 2 atom stereocenters. The van der Waals surface area contributed by atoms with Crippen molar-refractivity contribution in [2.45, 2.75) is 24.9 Å². The Balaban J connectivity index is 2.32. The molecule has 1 aliphatic rings. The van der Waals surface area contributed by atoms with Gasteiger partial charge in [0.2, 0.25) is 0 Å². The van der Waals surface area contributed by atoms with Crippen molar-refractivity contribution < 1.29 is 14.7 Å². The molecule has 0 saturated carbocycles. The lowest BCUT2D eigenvalue weighted by Gasteiger charge is -2.25. The lowest BCUT2D eigenvalue weighted by Crippen LogP contribution is -2.37. The van der Waals surface area contributed by atoms with Crippen LogP contribution in [0.2, 0.25) is 5.02 Å². The van der Waals surface area contributed by atoms with Gasteiger partial charge in [-0.05, 0) is 30.5 Å². The van der Waals surface area contributed by atoms with Crippen LogP contribution in [-0.4, -0.2) is 28.4 Å². The molecule has 2 rings (SSSR count). The van der Waals surface area contributed by atoms with Crippen LogP contribution in [0, 0.1) is 0 Å². The summed E-state index contributed by atoms with van der Waals surface area (Å²) in [7, 11) is 0. The fraction of sp³-hybridized carbons (Fsp3) is 0.333. The van der Waals surface area contributed by atoms with Gasteiger partial charge < -0.3 is 9.90 Å². The molecule has 1 aromatic carbocycles. The van der Waals surface area contributed by atoms with E-state index in [1.165, 1.54) is 4.90 Å². The van der Waals surface area contributed by atoms with Crippen LogP contribution in [0.1, 0.15) is 24.4 Å². The average molecular weight is 254 g/mol. The summed E-state index contributed by atoms with van der Waals surface area (Å²) in [6.07, 6.45) is 0.839. The van der Waals surface area contributed by atoms with Gasteiger partial charge in [0.25, 0.3) is 0 Å². The zero-order chi connectivity index (χ0) is 12.4. The van der Waals surface area contributed by atoms with Crippen molar-refractivity contribution in [1.82, 2.24) is 4.90 Å². The van der Waals surface area contributed by atoms with E-state index in [-0.39, 0.29) is 6.04 Å². The zero-order valence-corrected chi connectivity index (χ0v) is 9.80. The topological polar surface area (TPSA) is 57.6 Å². The van der Waals surface area contributed by atoms with Crippen LogP contribution < -0.4 is 0 Å². The Bertz CT molecular complexity index is 449. The number of aldehydes is 1. The van der Waals surface area contributed by atoms with Crippen molar-refractivity contribution in [2.24, 2.45) is 0 Å². The molecule has 0 unspecified atom stereocenters. The molecule has 0 bridgehead atoms. The third-order valence-electron chi connectivity index (χ3n) is 3.04. The molecule has 90 valence electrons. The molecule has 0 radical (unpaired) electrons. The Kier molecular flexibility index (Phi) is 3.33. The summed E-state index contributed by atoms with van der Waals surface area (Å²) in [4.78, 5) is 23.2. The fourth-order valence-corrected chi connectivity index (χ4v) is 2.49. The molecule has 1 N–H and O–H groups in total. The third-order valence-corrected chi connectivity index (χ3v) is 3.28. The first-order chi connectivity index (χ1) is 8.13. The molecule has 1 amide bonds. The molecule has 4 nitrogen and oxygen atoms in total. The number of nitrogens with zero attached hydrogens (tertiary/aromatic N) is 1. The molecule has 0 aromatic heterocycles. The second kappa shape index (κ2) is 4.75. The Morgan fingerprint density at radius 1 is 1.47 bits per heavy atom. The summed E-state index contributed by atoms with van der Waals surface area (Å²) in [5, 5.41) is 9.72. The van der Waals surface area contributed by atoms with Crippen molar-refractivity contribution >= 4 is 24.0 Å². The molecular formula is C12H12ClNO3. The minimum absolute atomic E-state index is 0.276. The van der Waals surface area contributed by atoms with Gasteiger partial charge in [0.15, 0.2) is 0 Å². The quantitative estimate of drug-likeness (QED) is 0.825. The molecule has 1 fully saturated rings. The summed E-state index contributed by atoms with van der Waals surface area (Å²) in [6.45, 7) is 0.